The predicted octanol–water partition coefficient (Wildman–Crippen LogP) is 1.25. The Balaban J connectivity index is 2.48. The van der Waals surface area contributed by atoms with Gasteiger partial charge in [-0.25, -0.2) is 0 Å². The van der Waals surface area contributed by atoms with Gasteiger partial charge in [-0.2, -0.15) is 0 Å². The van der Waals surface area contributed by atoms with Crippen LogP contribution in [0.5, 0.6) is 5.75 Å². The summed E-state index contributed by atoms with van der Waals surface area (Å²) in [5.41, 5.74) is 0. The summed E-state index contributed by atoms with van der Waals surface area (Å²) in [5, 5.41) is 20.3. The van der Waals surface area contributed by atoms with Crippen molar-refractivity contribution in [3.63, 3.8) is 0 Å². The highest BCUT2D eigenvalue weighted by molar-refractivity contribution is 7.17. The Morgan fingerprint density at radius 1 is 1.23 bits per heavy atom. The average molecular weight is 194 g/mol. The van der Waals surface area contributed by atoms with Crippen LogP contribution in [0.4, 0.5) is 0 Å². The van der Waals surface area contributed by atoms with E-state index in [1.807, 2.05) is 23.6 Å². The highest BCUT2D eigenvalue weighted by Gasteiger charge is 2.13. The molecule has 2 aromatic rings. The van der Waals surface area contributed by atoms with Gasteiger partial charge >= 0.3 is 7.32 Å². The number of hydrogen-bond donors (Lipinski definition) is 2. The molecule has 0 saturated carbocycles. The summed E-state index contributed by atoms with van der Waals surface area (Å²) in [5.74, 6) is 0.502. The minimum Gasteiger partial charge on any atom is -0.511 e. The first-order valence-electron chi connectivity index (χ1n) is 3.76. The minimum atomic E-state index is -1.76. The number of benzene rings is 1. The molecule has 1 heterocycles. The molecule has 2 N–H and O–H groups in total. The summed E-state index contributed by atoms with van der Waals surface area (Å²) in [6.45, 7) is 0. The Bertz CT molecular complexity index is 412. The molecule has 0 fully saturated rings. The standard InChI is InChI=1S/C8H7BO3S/c10-9(11)12-7-3-1-2-6-4-5-13-8(6)7/h1-5,10-11H. The van der Waals surface area contributed by atoms with Crippen molar-refractivity contribution in [1.82, 2.24) is 0 Å². The molecule has 2 rings (SSSR count). The molecular weight excluding hydrogens is 187 g/mol. The van der Waals surface area contributed by atoms with Crippen molar-refractivity contribution in [2.24, 2.45) is 0 Å². The molecule has 0 radical (unpaired) electrons. The lowest BCUT2D eigenvalue weighted by molar-refractivity contribution is 0.290. The van der Waals surface area contributed by atoms with Crippen LogP contribution >= 0.6 is 11.3 Å². The fourth-order valence-corrected chi connectivity index (χ4v) is 2.03. The van der Waals surface area contributed by atoms with E-state index in [0.717, 1.165) is 10.1 Å². The van der Waals surface area contributed by atoms with Gasteiger partial charge in [0, 0.05) is 0 Å². The first kappa shape index (κ1) is 8.56. The van der Waals surface area contributed by atoms with Gasteiger partial charge in [0.2, 0.25) is 0 Å². The van der Waals surface area contributed by atoms with Crippen LogP contribution in [-0.2, 0) is 0 Å². The van der Waals surface area contributed by atoms with Crippen LogP contribution in [0, 0.1) is 0 Å². The fraction of sp³-hybridized carbons (Fsp3) is 0. The Kier molecular flexibility index (Phi) is 2.22. The van der Waals surface area contributed by atoms with Crippen LogP contribution in [0.3, 0.4) is 0 Å². The van der Waals surface area contributed by atoms with Crippen LogP contribution < -0.4 is 4.65 Å². The minimum absolute atomic E-state index is 0.502. The fourth-order valence-electron chi connectivity index (χ4n) is 1.17. The van der Waals surface area contributed by atoms with Crippen molar-refractivity contribution in [3.8, 4) is 5.75 Å². The molecule has 13 heavy (non-hydrogen) atoms. The second-order valence-corrected chi connectivity index (χ2v) is 3.46. The highest BCUT2D eigenvalue weighted by Crippen LogP contribution is 2.30. The Hall–Kier alpha value is -1.04. The van der Waals surface area contributed by atoms with Crippen molar-refractivity contribution in [1.29, 1.82) is 0 Å². The molecule has 3 nitrogen and oxygen atoms in total. The number of fused-ring (bicyclic) bond motifs is 1. The van der Waals surface area contributed by atoms with Crippen LogP contribution in [-0.4, -0.2) is 17.4 Å². The maximum Gasteiger partial charge on any atom is 0.707 e. The quantitative estimate of drug-likeness (QED) is 0.707. The van der Waals surface area contributed by atoms with Crippen molar-refractivity contribution in [3.05, 3.63) is 29.6 Å². The summed E-state index contributed by atoms with van der Waals surface area (Å²) >= 11 is 1.51. The van der Waals surface area contributed by atoms with E-state index in [2.05, 4.69) is 0 Å². The van der Waals surface area contributed by atoms with E-state index in [4.69, 9.17) is 14.7 Å². The van der Waals surface area contributed by atoms with E-state index >= 15 is 0 Å². The van der Waals surface area contributed by atoms with Crippen molar-refractivity contribution in [2.45, 2.75) is 0 Å². The van der Waals surface area contributed by atoms with Crippen molar-refractivity contribution >= 4 is 28.7 Å². The Morgan fingerprint density at radius 2 is 2.08 bits per heavy atom. The van der Waals surface area contributed by atoms with E-state index < -0.39 is 7.32 Å². The van der Waals surface area contributed by atoms with Gasteiger partial charge in [-0.15, -0.1) is 11.3 Å². The van der Waals surface area contributed by atoms with Crippen LogP contribution in [0.15, 0.2) is 29.6 Å². The van der Waals surface area contributed by atoms with Crippen molar-refractivity contribution in [2.75, 3.05) is 0 Å². The monoisotopic (exact) mass is 194 g/mol. The molecule has 0 spiro atoms. The summed E-state index contributed by atoms with van der Waals surface area (Å²) in [6, 6.07) is 7.42. The largest absolute Gasteiger partial charge is 0.707 e. The maximum atomic E-state index is 8.64. The molecule has 5 heteroatoms. The normalized spacial score (nSPS) is 10.3. The van der Waals surface area contributed by atoms with E-state index in [1.165, 1.54) is 11.3 Å². The van der Waals surface area contributed by atoms with Gasteiger partial charge in [0.1, 0.15) is 5.75 Å². The first-order chi connectivity index (χ1) is 6.27. The van der Waals surface area contributed by atoms with E-state index in [0.29, 0.717) is 5.75 Å². The van der Waals surface area contributed by atoms with Crippen molar-refractivity contribution < 1.29 is 14.7 Å². The molecule has 0 aliphatic carbocycles. The molecule has 0 unspecified atom stereocenters. The molecule has 1 aromatic carbocycles. The van der Waals surface area contributed by atoms with Gasteiger partial charge in [0.25, 0.3) is 0 Å². The van der Waals surface area contributed by atoms with Crippen LogP contribution in [0.2, 0.25) is 0 Å². The van der Waals surface area contributed by atoms with E-state index in [9.17, 15) is 0 Å². The SMILES string of the molecule is OB(O)Oc1cccc2ccsc12. The van der Waals surface area contributed by atoms with E-state index in [1.54, 1.807) is 6.07 Å². The lowest BCUT2D eigenvalue weighted by Crippen LogP contribution is -2.20. The third-order valence-electron chi connectivity index (χ3n) is 1.68. The number of thiophene rings is 1. The number of hydrogen-bond acceptors (Lipinski definition) is 4. The molecule has 66 valence electrons. The van der Waals surface area contributed by atoms with Gasteiger partial charge in [0.05, 0.1) is 4.70 Å². The summed E-state index contributed by atoms with van der Waals surface area (Å²) in [7, 11) is -1.76. The maximum absolute atomic E-state index is 8.64. The summed E-state index contributed by atoms with van der Waals surface area (Å²) in [4.78, 5) is 0. The zero-order chi connectivity index (χ0) is 9.26. The molecule has 0 saturated heterocycles. The van der Waals surface area contributed by atoms with E-state index in [-0.39, 0.29) is 0 Å². The second-order valence-electron chi connectivity index (χ2n) is 2.54. The molecule has 0 atom stereocenters. The molecule has 0 aliphatic heterocycles. The smallest absolute Gasteiger partial charge is 0.511 e. The first-order valence-corrected chi connectivity index (χ1v) is 4.64. The molecule has 0 bridgehead atoms. The third-order valence-corrected chi connectivity index (χ3v) is 2.62. The average Bonchev–Trinajstić information content (AvgIpc) is 2.51. The predicted molar refractivity (Wildman–Crippen MR) is 52.6 cm³/mol. The highest BCUT2D eigenvalue weighted by atomic mass is 32.1. The summed E-state index contributed by atoms with van der Waals surface area (Å²) in [6.07, 6.45) is 0. The zero-order valence-corrected chi connectivity index (χ0v) is 7.49. The van der Waals surface area contributed by atoms with Crippen LogP contribution in [0.1, 0.15) is 0 Å². The van der Waals surface area contributed by atoms with Gasteiger partial charge in [0.15, 0.2) is 0 Å². The van der Waals surface area contributed by atoms with Gasteiger partial charge in [-0.1, -0.05) is 12.1 Å². The molecular formula is C8H7BO3S. The summed E-state index contributed by atoms with van der Waals surface area (Å²) < 4.78 is 5.73. The Labute approximate surface area is 79.4 Å². The molecule has 1 aromatic heterocycles. The van der Waals surface area contributed by atoms with Crippen LogP contribution in [0.25, 0.3) is 10.1 Å². The second kappa shape index (κ2) is 3.37. The van der Waals surface area contributed by atoms with Gasteiger partial charge in [-0.05, 0) is 22.9 Å². The molecule has 0 amide bonds. The zero-order valence-electron chi connectivity index (χ0n) is 6.68. The third kappa shape index (κ3) is 1.67. The molecule has 0 aliphatic rings. The number of rotatable bonds is 2. The lowest BCUT2D eigenvalue weighted by atomic mass is 10.2. The Morgan fingerprint density at radius 3 is 2.85 bits per heavy atom. The van der Waals surface area contributed by atoms with Gasteiger partial charge < -0.3 is 14.7 Å². The van der Waals surface area contributed by atoms with Gasteiger partial charge in [-0.3, -0.25) is 0 Å². The lowest BCUT2D eigenvalue weighted by Gasteiger charge is -2.04. The topological polar surface area (TPSA) is 49.7 Å².